The monoisotopic (exact) mass is 382 g/mol. The fraction of sp³-hybridized carbons (Fsp3) is 0.471. The highest BCUT2D eigenvalue weighted by Crippen LogP contribution is 2.33. The number of carboxylic acids is 1. The van der Waals surface area contributed by atoms with Gasteiger partial charge < -0.3 is 10.0 Å². The Morgan fingerprint density at radius 2 is 1.85 bits per heavy atom. The van der Waals surface area contributed by atoms with Crippen LogP contribution in [0, 0.1) is 0 Å². The molecule has 1 heterocycles. The largest absolute Gasteiger partial charge is 0.480 e. The highest BCUT2D eigenvalue weighted by molar-refractivity contribution is 7.90. The molecule has 0 saturated carbocycles. The summed E-state index contributed by atoms with van der Waals surface area (Å²) in [5.41, 5.74) is 0.0517. The normalized spacial score (nSPS) is 16.5. The van der Waals surface area contributed by atoms with Crippen LogP contribution >= 0.6 is 0 Å². The van der Waals surface area contributed by atoms with Crippen molar-refractivity contribution < 1.29 is 27.9 Å². The molecule has 142 valence electrons. The lowest BCUT2D eigenvalue weighted by atomic mass is 10.1. The Kier molecular flexibility index (Phi) is 5.41. The molecule has 2 rings (SSSR count). The Bertz CT molecular complexity index is 862. The van der Waals surface area contributed by atoms with E-state index >= 15 is 0 Å². The van der Waals surface area contributed by atoms with Crippen LogP contribution < -0.4 is 0 Å². The molecule has 0 fully saturated rings. The number of nitrogens with zero attached hydrogens (tertiary/aromatic N) is 2. The number of hydrogen-bond acceptors (Lipinski definition) is 5. The molecule has 1 unspecified atom stereocenters. The predicted molar refractivity (Wildman–Crippen MR) is 93.4 cm³/mol. The van der Waals surface area contributed by atoms with E-state index in [0.717, 1.165) is 10.4 Å². The van der Waals surface area contributed by atoms with Crippen LogP contribution in [0.2, 0.25) is 0 Å². The fourth-order valence-electron chi connectivity index (χ4n) is 2.85. The zero-order valence-corrected chi connectivity index (χ0v) is 15.9. The Hall–Kier alpha value is -2.42. The van der Waals surface area contributed by atoms with E-state index in [0.29, 0.717) is 6.42 Å². The van der Waals surface area contributed by atoms with E-state index in [2.05, 4.69) is 0 Å². The lowest BCUT2D eigenvalue weighted by molar-refractivity contribution is -0.138. The van der Waals surface area contributed by atoms with Crippen molar-refractivity contribution in [3.8, 4) is 0 Å². The number of rotatable bonds is 6. The number of amides is 2. The molecule has 1 aromatic carbocycles. The Labute approximate surface area is 152 Å². The van der Waals surface area contributed by atoms with Gasteiger partial charge in [0, 0.05) is 17.6 Å². The van der Waals surface area contributed by atoms with Gasteiger partial charge in [-0.3, -0.25) is 14.4 Å². The van der Waals surface area contributed by atoms with Crippen LogP contribution in [0.15, 0.2) is 23.1 Å². The molecular formula is C17H22N2O6S. The molecule has 0 spiro atoms. The molecule has 0 radical (unpaired) electrons. The number of hydrogen-bond donors (Lipinski definition) is 1. The van der Waals surface area contributed by atoms with Gasteiger partial charge in [0.1, 0.15) is 11.4 Å². The smallest absolute Gasteiger partial charge is 0.323 e. The highest BCUT2D eigenvalue weighted by Gasteiger charge is 2.43. The first-order valence-corrected chi connectivity index (χ1v) is 9.71. The van der Waals surface area contributed by atoms with Crippen molar-refractivity contribution in [1.29, 1.82) is 0 Å². The van der Waals surface area contributed by atoms with Gasteiger partial charge in [-0.2, -0.15) is 0 Å². The summed E-state index contributed by atoms with van der Waals surface area (Å²) in [6, 6.07) is 2.93. The SMILES string of the molecule is CCC(C)N(CC(=O)O)C(=O)c1ccc2c(c1)S(=O)(=O)N(C(C)C)C2=O. The summed E-state index contributed by atoms with van der Waals surface area (Å²) in [4.78, 5) is 37.1. The van der Waals surface area contributed by atoms with E-state index in [9.17, 15) is 22.8 Å². The standard InChI is InChI=1S/C17H22N2O6S/c1-5-11(4)18(9-15(20)21)16(22)12-6-7-13-14(8-12)26(24,25)19(10(2)3)17(13)23/h6-8,10-11H,5,9H2,1-4H3,(H,20,21). The van der Waals surface area contributed by atoms with Gasteiger partial charge in [0.15, 0.2) is 0 Å². The minimum atomic E-state index is -4.03. The summed E-state index contributed by atoms with van der Waals surface area (Å²) >= 11 is 0. The number of carbonyl (C=O) groups excluding carboxylic acids is 2. The second kappa shape index (κ2) is 7.06. The van der Waals surface area contributed by atoms with Crippen LogP contribution in [0.4, 0.5) is 0 Å². The van der Waals surface area contributed by atoms with E-state index in [1.165, 1.54) is 17.0 Å². The molecule has 1 aromatic rings. The van der Waals surface area contributed by atoms with Crippen molar-refractivity contribution in [1.82, 2.24) is 9.21 Å². The first-order valence-electron chi connectivity index (χ1n) is 8.27. The minimum absolute atomic E-state index is 0.0172. The molecule has 0 bridgehead atoms. The van der Waals surface area contributed by atoms with Crippen molar-refractivity contribution in [2.75, 3.05) is 6.54 Å². The third kappa shape index (κ3) is 3.31. The average Bonchev–Trinajstić information content (AvgIpc) is 2.76. The van der Waals surface area contributed by atoms with Gasteiger partial charge in [-0.1, -0.05) is 6.92 Å². The maximum Gasteiger partial charge on any atom is 0.323 e. The van der Waals surface area contributed by atoms with Gasteiger partial charge in [-0.15, -0.1) is 0 Å². The summed E-state index contributed by atoms with van der Waals surface area (Å²) in [5, 5.41) is 9.05. The maximum absolute atomic E-state index is 12.8. The van der Waals surface area contributed by atoms with Crippen LogP contribution in [0.3, 0.4) is 0 Å². The minimum Gasteiger partial charge on any atom is -0.480 e. The molecule has 0 aromatic heterocycles. The summed E-state index contributed by atoms with van der Waals surface area (Å²) in [6.45, 7) is 6.22. The van der Waals surface area contributed by atoms with Crippen LogP contribution in [0.1, 0.15) is 54.8 Å². The Balaban J connectivity index is 2.50. The van der Waals surface area contributed by atoms with E-state index in [1.54, 1.807) is 20.8 Å². The molecule has 26 heavy (non-hydrogen) atoms. The van der Waals surface area contributed by atoms with E-state index in [-0.39, 0.29) is 22.1 Å². The fourth-order valence-corrected chi connectivity index (χ4v) is 4.64. The van der Waals surface area contributed by atoms with Crippen molar-refractivity contribution in [3.05, 3.63) is 29.3 Å². The van der Waals surface area contributed by atoms with Crippen LogP contribution in [0.5, 0.6) is 0 Å². The van der Waals surface area contributed by atoms with Gasteiger partial charge in [0.05, 0.1) is 5.56 Å². The number of fused-ring (bicyclic) bond motifs is 1. The van der Waals surface area contributed by atoms with Crippen molar-refractivity contribution >= 4 is 27.8 Å². The molecule has 9 heteroatoms. The third-order valence-corrected chi connectivity index (χ3v) is 6.35. The number of carboxylic acid groups (broad SMARTS) is 1. The summed E-state index contributed by atoms with van der Waals surface area (Å²) in [7, 11) is -4.03. The third-order valence-electron chi connectivity index (χ3n) is 4.35. The number of sulfonamides is 1. The Morgan fingerprint density at radius 3 is 2.35 bits per heavy atom. The molecule has 1 N–H and O–H groups in total. The van der Waals surface area contributed by atoms with Gasteiger partial charge in [-0.05, 0) is 45.4 Å². The van der Waals surface area contributed by atoms with Gasteiger partial charge in [0.2, 0.25) is 0 Å². The van der Waals surface area contributed by atoms with Crippen molar-refractivity contribution in [3.63, 3.8) is 0 Å². The van der Waals surface area contributed by atoms with Crippen molar-refractivity contribution in [2.45, 2.75) is 51.1 Å². The molecular weight excluding hydrogens is 360 g/mol. The first kappa shape index (κ1) is 19.9. The van der Waals surface area contributed by atoms with Crippen LogP contribution in [0.25, 0.3) is 0 Å². The molecule has 8 nitrogen and oxygen atoms in total. The second-order valence-electron chi connectivity index (χ2n) is 6.49. The molecule has 1 aliphatic rings. The quantitative estimate of drug-likeness (QED) is 0.799. The number of aliphatic carboxylic acids is 1. The lowest BCUT2D eigenvalue weighted by Gasteiger charge is -2.27. The number of benzene rings is 1. The zero-order valence-electron chi connectivity index (χ0n) is 15.1. The van der Waals surface area contributed by atoms with Gasteiger partial charge >= 0.3 is 5.97 Å². The number of carbonyl (C=O) groups is 3. The topological polar surface area (TPSA) is 112 Å². The van der Waals surface area contributed by atoms with E-state index < -0.39 is 40.4 Å². The Morgan fingerprint density at radius 1 is 1.23 bits per heavy atom. The summed E-state index contributed by atoms with van der Waals surface area (Å²) in [5.74, 6) is -2.37. The predicted octanol–water partition coefficient (Wildman–Crippen LogP) is 1.56. The van der Waals surface area contributed by atoms with Gasteiger partial charge in [-0.25, -0.2) is 12.7 Å². The first-order chi connectivity index (χ1) is 12.0. The molecule has 1 atom stereocenters. The summed E-state index contributed by atoms with van der Waals surface area (Å²) in [6.07, 6.45) is 0.544. The molecule has 2 amide bonds. The van der Waals surface area contributed by atoms with E-state index in [1.807, 2.05) is 6.92 Å². The lowest BCUT2D eigenvalue weighted by Crippen LogP contribution is -2.41. The van der Waals surface area contributed by atoms with E-state index in [4.69, 9.17) is 5.11 Å². The van der Waals surface area contributed by atoms with Crippen LogP contribution in [-0.2, 0) is 14.8 Å². The second-order valence-corrected chi connectivity index (χ2v) is 8.28. The van der Waals surface area contributed by atoms with Crippen LogP contribution in [-0.4, -0.2) is 59.1 Å². The van der Waals surface area contributed by atoms with Gasteiger partial charge in [0.25, 0.3) is 21.8 Å². The average molecular weight is 382 g/mol. The van der Waals surface area contributed by atoms with Crippen molar-refractivity contribution in [2.24, 2.45) is 0 Å². The molecule has 0 aliphatic carbocycles. The maximum atomic E-state index is 12.8. The highest BCUT2D eigenvalue weighted by atomic mass is 32.2. The molecule has 0 saturated heterocycles. The zero-order chi connectivity index (χ0) is 19.8. The summed E-state index contributed by atoms with van der Waals surface area (Å²) < 4.78 is 26.1. The molecule has 1 aliphatic heterocycles.